The zero-order valence-corrected chi connectivity index (χ0v) is 19.9. The number of ether oxygens (including phenoxy) is 2. The van der Waals surface area contributed by atoms with Crippen LogP contribution in [0.15, 0.2) is 35.2 Å². The molecule has 3 N–H and O–H groups in total. The molecule has 1 aliphatic carbocycles. The lowest BCUT2D eigenvalue weighted by Crippen LogP contribution is -2.39. The molecule has 0 aromatic heterocycles. The van der Waals surface area contributed by atoms with Crippen LogP contribution in [-0.2, 0) is 24.3 Å². The van der Waals surface area contributed by atoms with Gasteiger partial charge in [-0.2, -0.15) is 0 Å². The first-order valence-corrected chi connectivity index (χ1v) is 12.3. The molecule has 0 aliphatic heterocycles. The minimum Gasteiger partial charge on any atom is -0.507 e. The van der Waals surface area contributed by atoms with Crippen molar-refractivity contribution in [3.63, 3.8) is 0 Å². The van der Waals surface area contributed by atoms with Gasteiger partial charge >= 0.3 is 5.97 Å². The predicted molar refractivity (Wildman–Crippen MR) is 122 cm³/mol. The van der Waals surface area contributed by atoms with E-state index in [9.17, 15) is 23.1 Å². The van der Waals surface area contributed by atoms with Gasteiger partial charge in [0.05, 0.1) is 16.7 Å². The van der Waals surface area contributed by atoms with E-state index in [0.29, 0.717) is 0 Å². The molecule has 2 aromatic rings. The Morgan fingerprint density at radius 1 is 1.15 bits per heavy atom. The summed E-state index contributed by atoms with van der Waals surface area (Å²) in [5.41, 5.74) is 0.227. The number of carbonyl (C=O) groups excluding carboxylic acids is 2. The Morgan fingerprint density at radius 2 is 1.82 bits per heavy atom. The Kier molecular flexibility index (Phi) is 8.06. The number of anilines is 1. The van der Waals surface area contributed by atoms with E-state index in [0.717, 1.165) is 25.3 Å². The van der Waals surface area contributed by atoms with Gasteiger partial charge in [-0.1, -0.05) is 29.6 Å². The molecule has 0 unspecified atom stereocenters. The van der Waals surface area contributed by atoms with E-state index in [1.165, 1.54) is 24.3 Å². The molecule has 1 amide bonds. The van der Waals surface area contributed by atoms with Crippen LogP contribution in [0.2, 0.25) is 10.0 Å². The first-order chi connectivity index (χ1) is 15.6. The second-order valence-corrected chi connectivity index (χ2v) is 9.78. The number of hydrogen-bond donors (Lipinski definition) is 3. The first kappa shape index (κ1) is 25.1. The number of phenols is 1. The largest absolute Gasteiger partial charge is 0.507 e. The maximum atomic E-state index is 12.6. The summed E-state index contributed by atoms with van der Waals surface area (Å²) in [6.45, 7) is 1.79. The van der Waals surface area contributed by atoms with E-state index in [1.807, 2.05) is 0 Å². The van der Waals surface area contributed by atoms with Gasteiger partial charge in [0, 0.05) is 17.8 Å². The second kappa shape index (κ2) is 10.6. The Labute approximate surface area is 201 Å². The van der Waals surface area contributed by atoms with Gasteiger partial charge in [-0.15, -0.1) is 0 Å². The van der Waals surface area contributed by atoms with E-state index < -0.39 is 34.1 Å². The molecule has 33 heavy (non-hydrogen) atoms. The molecule has 9 nitrogen and oxygen atoms in total. The summed E-state index contributed by atoms with van der Waals surface area (Å²) in [7, 11) is -3.95. The van der Waals surface area contributed by atoms with Gasteiger partial charge in [-0.25, -0.2) is 13.1 Å². The van der Waals surface area contributed by atoms with E-state index >= 15 is 0 Å². The fourth-order valence-electron chi connectivity index (χ4n) is 2.98. The maximum absolute atomic E-state index is 12.6. The van der Waals surface area contributed by atoms with Gasteiger partial charge in [0.15, 0.2) is 5.75 Å². The topological polar surface area (TPSA) is 131 Å². The standard InChI is InChI=1S/C21H22Cl2N2O7S/c1-2-31-20(28)11-19(27)24-13-8-15(22)21(16(23)9-13)32-14-6-7-17(26)18(10-14)33(29,30)25-12-4-3-5-12/h6-10,12,25-26H,2-5,11H2,1H3,(H,24,27). The van der Waals surface area contributed by atoms with Crippen molar-refractivity contribution >= 4 is 50.8 Å². The third-order valence-corrected chi connectivity index (χ3v) is 6.87. The highest BCUT2D eigenvalue weighted by Gasteiger charge is 2.27. The number of sulfonamides is 1. The quantitative estimate of drug-likeness (QED) is 0.335. The molecule has 0 heterocycles. The van der Waals surface area contributed by atoms with Crippen LogP contribution in [-0.4, -0.2) is 38.0 Å². The lowest BCUT2D eigenvalue weighted by Gasteiger charge is -2.26. The van der Waals surface area contributed by atoms with Crippen LogP contribution in [0, 0.1) is 0 Å². The summed E-state index contributed by atoms with van der Waals surface area (Å²) in [6, 6.07) is 6.28. The van der Waals surface area contributed by atoms with E-state index in [1.54, 1.807) is 6.92 Å². The number of phenolic OH excluding ortho intramolecular Hbond substituents is 1. The summed E-state index contributed by atoms with van der Waals surface area (Å²) >= 11 is 12.5. The summed E-state index contributed by atoms with van der Waals surface area (Å²) in [5.74, 6) is -1.61. The van der Waals surface area contributed by atoms with Gasteiger partial charge in [0.25, 0.3) is 0 Å². The second-order valence-electron chi connectivity index (χ2n) is 7.28. The van der Waals surface area contributed by atoms with Crippen molar-refractivity contribution < 1.29 is 32.6 Å². The molecule has 3 rings (SSSR count). The predicted octanol–water partition coefficient (Wildman–Crippen LogP) is 4.21. The monoisotopic (exact) mass is 516 g/mol. The molecule has 0 bridgehead atoms. The Balaban J connectivity index is 1.77. The fraction of sp³-hybridized carbons (Fsp3) is 0.333. The number of halogens is 2. The van der Waals surface area contributed by atoms with Gasteiger partial charge in [-0.3, -0.25) is 9.59 Å². The summed E-state index contributed by atoms with van der Waals surface area (Å²) in [5, 5.41) is 12.6. The molecule has 0 radical (unpaired) electrons. The molecular weight excluding hydrogens is 495 g/mol. The maximum Gasteiger partial charge on any atom is 0.315 e. The van der Waals surface area contributed by atoms with Crippen LogP contribution >= 0.6 is 23.2 Å². The fourth-order valence-corrected chi connectivity index (χ4v) is 4.96. The number of hydrogen-bond acceptors (Lipinski definition) is 7. The van der Waals surface area contributed by atoms with Crippen molar-refractivity contribution in [3.8, 4) is 17.2 Å². The summed E-state index contributed by atoms with van der Waals surface area (Å²) in [4.78, 5) is 23.0. The Morgan fingerprint density at radius 3 is 2.39 bits per heavy atom. The van der Waals surface area contributed by atoms with Crippen molar-refractivity contribution in [2.75, 3.05) is 11.9 Å². The summed E-state index contributed by atoms with van der Waals surface area (Å²) in [6.07, 6.45) is 1.95. The molecule has 2 aromatic carbocycles. The SMILES string of the molecule is CCOC(=O)CC(=O)Nc1cc(Cl)c(Oc2ccc(O)c(S(=O)(=O)NC3CCC3)c2)c(Cl)c1. The highest BCUT2D eigenvalue weighted by molar-refractivity contribution is 7.89. The number of aromatic hydroxyl groups is 1. The van der Waals surface area contributed by atoms with Gasteiger partial charge in [-0.05, 0) is 44.0 Å². The molecule has 178 valence electrons. The van der Waals surface area contributed by atoms with Crippen LogP contribution in [0.1, 0.15) is 32.6 Å². The van der Waals surface area contributed by atoms with Crippen LogP contribution in [0.5, 0.6) is 17.2 Å². The lowest BCUT2D eigenvalue weighted by molar-refractivity contribution is -0.145. The van der Waals surface area contributed by atoms with Crippen molar-refractivity contribution in [1.29, 1.82) is 0 Å². The first-order valence-electron chi connectivity index (χ1n) is 10.1. The van der Waals surface area contributed by atoms with Crippen LogP contribution < -0.4 is 14.8 Å². The summed E-state index contributed by atoms with van der Waals surface area (Å²) < 4.78 is 38.2. The van der Waals surface area contributed by atoms with Crippen LogP contribution in [0.25, 0.3) is 0 Å². The van der Waals surface area contributed by atoms with Crippen LogP contribution in [0.4, 0.5) is 5.69 Å². The van der Waals surface area contributed by atoms with E-state index in [2.05, 4.69) is 10.0 Å². The molecule has 1 saturated carbocycles. The number of carbonyl (C=O) groups is 2. The highest BCUT2D eigenvalue weighted by Crippen LogP contribution is 2.40. The van der Waals surface area contributed by atoms with Gasteiger partial charge in [0.2, 0.25) is 15.9 Å². The average molecular weight is 517 g/mol. The third kappa shape index (κ3) is 6.50. The lowest BCUT2D eigenvalue weighted by atomic mass is 9.94. The Hall–Kier alpha value is -2.53. The van der Waals surface area contributed by atoms with Crippen LogP contribution in [0.3, 0.4) is 0 Å². The Bertz CT molecular complexity index is 1140. The molecule has 1 aliphatic rings. The molecule has 12 heteroatoms. The number of nitrogens with one attached hydrogen (secondary N) is 2. The number of amides is 1. The normalized spacial score (nSPS) is 13.8. The molecule has 0 saturated heterocycles. The molecular formula is C21H22Cl2N2O7S. The molecule has 1 fully saturated rings. The van der Waals surface area contributed by atoms with Gasteiger partial charge < -0.3 is 19.9 Å². The van der Waals surface area contributed by atoms with Crippen molar-refractivity contribution in [3.05, 3.63) is 40.4 Å². The van der Waals surface area contributed by atoms with E-state index in [-0.39, 0.29) is 44.8 Å². The molecule has 0 spiro atoms. The number of esters is 1. The van der Waals surface area contributed by atoms with Crippen molar-refractivity contribution in [2.45, 2.75) is 43.5 Å². The average Bonchev–Trinajstić information content (AvgIpc) is 2.69. The van der Waals surface area contributed by atoms with Gasteiger partial charge in [0.1, 0.15) is 22.8 Å². The smallest absolute Gasteiger partial charge is 0.315 e. The third-order valence-electron chi connectivity index (χ3n) is 4.76. The number of benzene rings is 2. The zero-order chi connectivity index (χ0) is 24.2. The highest BCUT2D eigenvalue weighted by atomic mass is 35.5. The number of rotatable bonds is 9. The minimum atomic E-state index is -3.95. The van der Waals surface area contributed by atoms with Crippen molar-refractivity contribution in [1.82, 2.24) is 4.72 Å². The van der Waals surface area contributed by atoms with E-state index in [4.69, 9.17) is 32.7 Å². The zero-order valence-electron chi connectivity index (χ0n) is 17.6. The van der Waals surface area contributed by atoms with Crippen molar-refractivity contribution in [2.24, 2.45) is 0 Å². The molecule has 0 atom stereocenters. The minimum absolute atomic E-state index is 0.0164.